The van der Waals surface area contributed by atoms with Crippen molar-refractivity contribution in [3.63, 3.8) is 0 Å². The third kappa shape index (κ3) is 2.76. The molecule has 0 N–H and O–H groups in total. The van der Waals surface area contributed by atoms with Gasteiger partial charge in [0.15, 0.2) is 0 Å². The van der Waals surface area contributed by atoms with E-state index in [1.807, 2.05) is 18.7 Å². The number of hydrogen-bond donors (Lipinski definition) is 0. The highest BCUT2D eigenvalue weighted by atomic mass is 16.5. The van der Waals surface area contributed by atoms with Gasteiger partial charge in [0, 0.05) is 51.5 Å². The normalized spacial score (nSPS) is 16.2. The molecule has 7 heteroatoms. The summed E-state index contributed by atoms with van der Waals surface area (Å²) >= 11 is 0. The van der Waals surface area contributed by atoms with E-state index in [1.165, 1.54) is 0 Å². The Hall–Kier alpha value is -2.15. The molecule has 0 atom stereocenters. The molecule has 118 valence electrons. The lowest BCUT2D eigenvalue weighted by molar-refractivity contribution is 0.0617. The molecule has 0 saturated carbocycles. The van der Waals surface area contributed by atoms with Crippen molar-refractivity contribution in [1.29, 1.82) is 0 Å². The maximum atomic E-state index is 12.4. The molecule has 1 fully saturated rings. The molecule has 0 aromatic carbocycles. The molecule has 1 saturated heterocycles. The summed E-state index contributed by atoms with van der Waals surface area (Å²) in [6.07, 6.45) is 1.65. The molecular weight excluding hydrogens is 282 g/mol. The number of piperazine rings is 1. The van der Waals surface area contributed by atoms with Crippen LogP contribution in [0.2, 0.25) is 0 Å². The predicted molar refractivity (Wildman–Crippen MR) is 80.4 cm³/mol. The Morgan fingerprint density at radius 1 is 1.27 bits per heavy atom. The molecule has 1 aliphatic heterocycles. The second-order valence-electron chi connectivity index (χ2n) is 5.71. The van der Waals surface area contributed by atoms with E-state index in [0.29, 0.717) is 5.69 Å². The van der Waals surface area contributed by atoms with Gasteiger partial charge in [0.1, 0.15) is 11.5 Å². The summed E-state index contributed by atoms with van der Waals surface area (Å²) in [5, 5.41) is 8.05. The van der Waals surface area contributed by atoms with Crippen molar-refractivity contribution in [1.82, 2.24) is 24.7 Å². The van der Waals surface area contributed by atoms with Crippen LogP contribution in [-0.4, -0.2) is 56.8 Å². The van der Waals surface area contributed by atoms with E-state index >= 15 is 0 Å². The Labute approximate surface area is 129 Å². The number of hydrogen-bond acceptors (Lipinski definition) is 5. The molecule has 1 amide bonds. The van der Waals surface area contributed by atoms with Crippen molar-refractivity contribution >= 4 is 5.91 Å². The fourth-order valence-corrected chi connectivity index (χ4v) is 2.81. The van der Waals surface area contributed by atoms with Crippen molar-refractivity contribution in [3.8, 4) is 0 Å². The molecular formula is C15H21N5O2. The molecule has 1 aliphatic rings. The van der Waals surface area contributed by atoms with Gasteiger partial charge in [0.25, 0.3) is 5.91 Å². The van der Waals surface area contributed by atoms with Crippen LogP contribution in [0.4, 0.5) is 0 Å². The Morgan fingerprint density at radius 3 is 2.55 bits per heavy atom. The zero-order valence-corrected chi connectivity index (χ0v) is 13.2. The van der Waals surface area contributed by atoms with Crippen LogP contribution in [-0.2, 0) is 13.6 Å². The highest BCUT2D eigenvalue weighted by Crippen LogP contribution is 2.16. The molecule has 0 aliphatic carbocycles. The molecule has 7 nitrogen and oxygen atoms in total. The van der Waals surface area contributed by atoms with Gasteiger partial charge in [-0.25, -0.2) is 0 Å². The van der Waals surface area contributed by atoms with Crippen LogP contribution in [0.25, 0.3) is 0 Å². The number of amides is 1. The van der Waals surface area contributed by atoms with Crippen molar-refractivity contribution in [2.45, 2.75) is 20.4 Å². The number of aromatic nitrogens is 3. The average Bonchev–Trinajstić information content (AvgIpc) is 3.08. The first-order valence-electron chi connectivity index (χ1n) is 7.47. The van der Waals surface area contributed by atoms with Gasteiger partial charge in [-0.15, -0.1) is 0 Å². The Bertz CT molecular complexity index is 648. The minimum absolute atomic E-state index is 0.0528. The zero-order valence-electron chi connectivity index (χ0n) is 13.2. The molecule has 0 spiro atoms. The summed E-state index contributed by atoms with van der Waals surface area (Å²) in [7, 11) is 1.79. The molecule has 0 bridgehead atoms. The minimum Gasteiger partial charge on any atom is -0.361 e. The summed E-state index contributed by atoms with van der Waals surface area (Å²) in [6.45, 7) is 7.91. The van der Waals surface area contributed by atoms with Gasteiger partial charge in [-0.3, -0.25) is 14.4 Å². The van der Waals surface area contributed by atoms with Gasteiger partial charge >= 0.3 is 0 Å². The average molecular weight is 303 g/mol. The number of rotatable bonds is 3. The highest BCUT2D eigenvalue weighted by Gasteiger charge is 2.24. The van der Waals surface area contributed by atoms with E-state index in [4.69, 9.17) is 4.52 Å². The summed E-state index contributed by atoms with van der Waals surface area (Å²) in [4.78, 5) is 16.7. The number of carbonyl (C=O) groups is 1. The highest BCUT2D eigenvalue weighted by molar-refractivity contribution is 5.92. The summed E-state index contributed by atoms with van der Waals surface area (Å²) < 4.78 is 6.83. The van der Waals surface area contributed by atoms with Crippen LogP contribution < -0.4 is 0 Å². The predicted octanol–water partition coefficient (Wildman–Crippen LogP) is 0.983. The third-order valence-corrected chi connectivity index (χ3v) is 4.26. The van der Waals surface area contributed by atoms with Crippen LogP contribution in [0.3, 0.4) is 0 Å². The maximum absolute atomic E-state index is 12.4. The van der Waals surface area contributed by atoms with Crippen LogP contribution in [0.15, 0.2) is 16.8 Å². The first-order valence-corrected chi connectivity index (χ1v) is 7.47. The first-order chi connectivity index (χ1) is 10.6. The first kappa shape index (κ1) is 14.8. The van der Waals surface area contributed by atoms with Crippen molar-refractivity contribution in [2.24, 2.45) is 7.05 Å². The fourth-order valence-electron chi connectivity index (χ4n) is 2.81. The number of carbonyl (C=O) groups excluding carboxylic acids is 1. The van der Waals surface area contributed by atoms with Gasteiger partial charge in [-0.05, 0) is 19.9 Å². The standard InChI is InChI=1S/C15H21N5O2/c1-11-13(12(2)22-17-11)10-19-6-8-20(9-7-19)15(21)14-4-5-16-18(14)3/h4-5H,6-10H2,1-3H3. The van der Waals surface area contributed by atoms with E-state index in [9.17, 15) is 4.79 Å². The molecule has 3 rings (SSSR count). The fraction of sp³-hybridized carbons (Fsp3) is 0.533. The minimum atomic E-state index is 0.0528. The Kier molecular flexibility index (Phi) is 3.98. The molecule has 0 radical (unpaired) electrons. The molecule has 2 aromatic heterocycles. The lowest BCUT2D eigenvalue weighted by Crippen LogP contribution is -2.48. The van der Waals surface area contributed by atoms with Gasteiger partial charge in [0.2, 0.25) is 0 Å². The van der Waals surface area contributed by atoms with Gasteiger partial charge < -0.3 is 9.42 Å². The second-order valence-corrected chi connectivity index (χ2v) is 5.71. The number of nitrogens with zero attached hydrogens (tertiary/aromatic N) is 5. The lowest BCUT2D eigenvalue weighted by atomic mass is 10.1. The third-order valence-electron chi connectivity index (χ3n) is 4.26. The van der Waals surface area contributed by atoms with E-state index < -0.39 is 0 Å². The molecule has 3 heterocycles. The quantitative estimate of drug-likeness (QED) is 0.845. The monoisotopic (exact) mass is 303 g/mol. The van der Waals surface area contributed by atoms with Crippen LogP contribution in [0.5, 0.6) is 0 Å². The van der Waals surface area contributed by atoms with E-state index in [-0.39, 0.29) is 5.91 Å². The SMILES string of the molecule is Cc1noc(C)c1CN1CCN(C(=O)c2ccnn2C)CC1. The zero-order chi connectivity index (χ0) is 15.7. The van der Waals surface area contributed by atoms with Crippen molar-refractivity contribution < 1.29 is 9.32 Å². The van der Waals surface area contributed by atoms with Crippen molar-refractivity contribution in [3.05, 3.63) is 35.0 Å². The lowest BCUT2D eigenvalue weighted by Gasteiger charge is -2.34. The molecule has 22 heavy (non-hydrogen) atoms. The van der Waals surface area contributed by atoms with Crippen molar-refractivity contribution in [2.75, 3.05) is 26.2 Å². The number of aryl methyl sites for hydroxylation is 3. The molecule has 2 aromatic rings. The van der Waals surface area contributed by atoms with E-state index in [0.717, 1.165) is 49.7 Å². The largest absolute Gasteiger partial charge is 0.361 e. The summed E-state index contributed by atoms with van der Waals surface area (Å²) in [5.74, 6) is 0.933. The summed E-state index contributed by atoms with van der Waals surface area (Å²) in [5.41, 5.74) is 2.75. The van der Waals surface area contributed by atoms with Gasteiger partial charge in [0.05, 0.1) is 5.69 Å². The van der Waals surface area contributed by atoms with Crippen LogP contribution >= 0.6 is 0 Å². The maximum Gasteiger partial charge on any atom is 0.272 e. The smallest absolute Gasteiger partial charge is 0.272 e. The van der Waals surface area contributed by atoms with Crippen LogP contribution in [0, 0.1) is 13.8 Å². The second kappa shape index (κ2) is 5.92. The van der Waals surface area contributed by atoms with E-state index in [1.54, 1.807) is 24.0 Å². The Morgan fingerprint density at radius 2 is 2.00 bits per heavy atom. The van der Waals surface area contributed by atoms with Gasteiger partial charge in [-0.1, -0.05) is 5.16 Å². The topological polar surface area (TPSA) is 67.4 Å². The van der Waals surface area contributed by atoms with Crippen LogP contribution in [0.1, 0.15) is 27.5 Å². The summed E-state index contributed by atoms with van der Waals surface area (Å²) in [6, 6.07) is 1.76. The van der Waals surface area contributed by atoms with E-state index in [2.05, 4.69) is 15.2 Å². The molecule has 0 unspecified atom stereocenters. The van der Waals surface area contributed by atoms with Gasteiger partial charge in [-0.2, -0.15) is 5.10 Å². The Balaban J connectivity index is 1.59.